The first-order valence-electron chi connectivity index (χ1n) is 4.50. The van der Waals surface area contributed by atoms with Gasteiger partial charge in [0.25, 0.3) is 0 Å². The minimum absolute atomic E-state index is 0.594. The summed E-state index contributed by atoms with van der Waals surface area (Å²) >= 11 is 0. The number of nitriles is 1. The molecule has 1 unspecified atom stereocenters. The van der Waals surface area contributed by atoms with E-state index in [0.717, 1.165) is 5.56 Å². The zero-order valence-corrected chi connectivity index (χ0v) is 8.11. The van der Waals surface area contributed by atoms with Crippen molar-refractivity contribution in [3.8, 4) is 6.07 Å². The van der Waals surface area contributed by atoms with Crippen molar-refractivity contribution in [2.24, 2.45) is 0 Å². The van der Waals surface area contributed by atoms with Crippen molar-refractivity contribution in [3.05, 3.63) is 61.2 Å². The molecular formula is C13H13N. The molecular weight excluding hydrogens is 170 g/mol. The minimum Gasteiger partial charge on any atom is -0.197 e. The van der Waals surface area contributed by atoms with Crippen LogP contribution in [0, 0.1) is 11.3 Å². The van der Waals surface area contributed by atoms with E-state index >= 15 is 0 Å². The molecule has 1 nitrogen and oxygen atoms in total. The van der Waals surface area contributed by atoms with Gasteiger partial charge in [-0.2, -0.15) is 5.26 Å². The van der Waals surface area contributed by atoms with Gasteiger partial charge >= 0.3 is 0 Å². The summed E-state index contributed by atoms with van der Waals surface area (Å²) in [6.07, 6.45) is 4.03. The van der Waals surface area contributed by atoms with E-state index in [-0.39, 0.29) is 0 Å². The van der Waals surface area contributed by atoms with Gasteiger partial charge in [0.15, 0.2) is 0 Å². The Labute approximate surface area is 85.0 Å². The Morgan fingerprint density at radius 2 is 1.93 bits per heavy atom. The van der Waals surface area contributed by atoms with Gasteiger partial charge in [-0.1, -0.05) is 42.5 Å². The summed E-state index contributed by atoms with van der Waals surface area (Å²) in [7, 11) is 0. The molecule has 0 saturated carbocycles. The van der Waals surface area contributed by atoms with Crippen molar-refractivity contribution < 1.29 is 0 Å². The summed E-state index contributed by atoms with van der Waals surface area (Å²) in [6, 6.07) is 12.0. The highest BCUT2D eigenvalue weighted by molar-refractivity contribution is 5.38. The van der Waals surface area contributed by atoms with E-state index < -0.39 is 5.41 Å². The summed E-state index contributed by atoms with van der Waals surface area (Å²) in [5.41, 5.74) is 0.348. The fourth-order valence-electron chi connectivity index (χ4n) is 1.44. The van der Waals surface area contributed by atoms with Gasteiger partial charge in [-0.05, 0) is 12.0 Å². The van der Waals surface area contributed by atoms with Crippen molar-refractivity contribution in [2.75, 3.05) is 0 Å². The van der Waals surface area contributed by atoms with Crippen molar-refractivity contribution in [3.63, 3.8) is 0 Å². The zero-order chi connectivity index (χ0) is 10.4. The standard InChI is InChI=1S/C13H13N/c1-3-10-13(4-2,11-14)12-8-6-5-7-9-12/h3-9H,1-2,10H2. The van der Waals surface area contributed by atoms with Crippen LogP contribution in [0.1, 0.15) is 12.0 Å². The topological polar surface area (TPSA) is 23.8 Å². The van der Waals surface area contributed by atoms with Gasteiger partial charge in [0, 0.05) is 0 Å². The Morgan fingerprint density at radius 1 is 1.29 bits per heavy atom. The largest absolute Gasteiger partial charge is 0.197 e. The van der Waals surface area contributed by atoms with E-state index in [0.29, 0.717) is 6.42 Å². The van der Waals surface area contributed by atoms with Crippen LogP contribution in [0.3, 0.4) is 0 Å². The maximum absolute atomic E-state index is 9.19. The maximum Gasteiger partial charge on any atom is 0.103 e. The number of hydrogen-bond acceptors (Lipinski definition) is 1. The van der Waals surface area contributed by atoms with E-state index in [1.807, 2.05) is 30.3 Å². The molecule has 1 atom stereocenters. The van der Waals surface area contributed by atoms with Crippen LogP contribution >= 0.6 is 0 Å². The lowest BCUT2D eigenvalue weighted by atomic mass is 9.79. The number of rotatable bonds is 4. The maximum atomic E-state index is 9.19. The van der Waals surface area contributed by atoms with Crippen LogP contribution in [0.5, 0.6) is 0 Å². The average Bonchev–Trinajstić information content (AvgIpc) is 2.27. The molecule has 0 aliphatic heterocycles. The van der Waals surface area contributed by atoms with Gasteiger partial charge < -0.3 is 0 Å². The summed E-state index contributed by atoms with van der Waals surface area (Å²) < 4.78 is 0. The van der Waals surface area contributed by atoms with Crippen LogP contribution in [0.2, 0.25) is 0 Å². The van der Waals surface area contributed by atoms with Gasteiger partial charge in [-0.3, -0.25) is 0 Å². The molecule has 0 N–H and O–H groups in total. The van der Waals surface area contributed by atoms with Gasteiger partial charge in [-0.15, -0.1) is 13.2 Å². The second kappa shape index (κ2) is 4.43. The lowest BCUT2D eigenvalue weighted by molar-refractivity contribution is 0.700. The fourth-order valence-corrected chi connectivity index (χ4v) is 1.44. The predicted octanol–water partition coefficient (Wildman–Crippen LogP) is 3.21. The predicted molar refractivity (Wildman–Crippen MR) is 58.7 cm³/mol. The smallest absolute Gasteiger partial charge is 0.103 e. The molecule has 0 aliphatic carbocycles. The van der Waals surface area contributed by atoms with Crippen molar-refractivity contribution in [2.45, 2.75) is 11.8 Å². The quantitative estimate of drug-likeness (QED) is 0.657. The second-order valence-electron chi connectivity index (χ2n) is 3.15. The first-order chi connectivity index (χ1) is 6.79. The van der Waals surface area contributed by atoms with Crippen LogP contribution in [0.15, 0.2) is 55.6 Å². The van der Waals surface area contributed by atoms with E-state index in [9.17, 15) is 5.26 Å². The van der Waals surface area contributed by atoms with E-state index in [1.165, 1.54) is 0 Å². The van der Waals surface area contributed by atoms with Crippen LogP contribution in [0.25, 0.3) is 0 Å². The number of allylic oxidation sites excluding steroid dienone is 2. The van der Waals surface area contributed by atoms with E-state index in [2.05, 4.69) is 19.2 Å². The Balaban J connectivity index is 3.18. The lowest BCUT2D eigenvalue weighted by Crippen LogP contribution is -2.19. The SMILES string of the molecule is C=CCC(C#N)(C=C)c1ccccc1. The molecule has 1 aromatic carbocycles. The van der Waals surface area contributed by atoms with Crippen molar-refractivity contribution >= 4 is 0 Å². The number of hydrogen-bond donors (Lipinski definition) is 0. The summed E-state index contributed by atoms with van der Waals surface area (Å²) in [6.45, 7) is 7.40. The molecule has 1 rings (SSSR count). The molecule has 0 bridgehead atoms. The van der Waals surface area contributed by atoms with Crippen LogP contribution < -0.4 is 0 Å². The molecule has 14 heavy (non-hydrogen) atoms. The molecule has 0 amide bonds. The second-order valence-corrected chi connectivity index (χ2v) is 3.15. The monoisotopic (exact) mass is 183 g/mol. The fraction of sp³-hybridized carbons (Fsp3) is 0.154. The van der Waals surface area contributed by atoms with Gasteiger partial charge in [0.1, 0.15) is 5.41 Å². The molecule has 1 aromatic rings. The van der Waals surface area contributed by atoms with E-state index in [4.69, 9.17) is 0 Å². The van der Waals surface area contributed by atoms with Gasteiger partial charge in [-0.25, -0.2) is 0 Å². The third-order valence-electron chi connectivity index (χ3n) is 2.30. The molecule has 0 spiro atoms. The highest BCUT2D eigenvalue weighted by Gasteiger charge is 2.26. The first kappa shape index (κ1) is 10.3. The minimum atomic E-state index is -0.622. The number of nitrogens with zero attached hydrogens (tertiary/aromatic N) is 1. The lowest BCUT2D eigenvalue weighted by Gasteiger charge is -2.21. The normalized spacial score (nSPS) is 13.6. The molecule has 0 aliphatic rings. The van der Waals surface area contributed by atoms with Crippen LogP contribution in [-0.2, 0) is 5.41 Å². The van der Waals surface area contributed by atoms with Crippen LogP contribution in [-0.4, -0.2) is 0 Å². The summed E-state index contributed by atoms with van der Waals surface area (Å²) in [5.74, 6) is 0. The molecule has 0 aromatic heterocycles. The molecule has 0 fully saturated rings. The van der Waals surface area contributed by atoms with Gasteiger partial charge in [0.2, 0.25) is 0 Å². The Morgan fingerprint density at radius 3 is 2.36 bits per heavy atom. The van der Waals surface area contributed by atoms with Crippen molar-refractivity contribution in [1.82, 2.24) is 0 Å². The van der Waals surface area contributed by atoms with Crippen LogP contribution in [0.4, 0.5) is 0 Å². The molecule has 0 radical (unpaired) electrons. The molecule has 70 valence electrons. The Kier molecular flexibility index (Phi) is 3.25. The van der Waals surface area contributed by atoms with Gasteiger partial charge in [0.05, 0.1) is 6.07 Å². The first-order valence-corrected chi connectivity index (χ1v) is 4.50. The average molecular weight is 183 g/mol. The van der Waals surface area contributed by atoms with E-state index in [1.54, 1.807) is 12.2 Å². The zero-order valence-electron chi connectivity index (χ0n) is 8.11. The highest BCUT2D eigenvalue weighted by Crippen LogP contribution is 2.28. The molecule has 0 saturated heterocycles. The third kappa shape index (κ3) is 1.75. The third-order valence-corrected chi connectivity index (χ3v) is 2.30. The number of benzene rings is 1. The summed E-state index contributed by atoms with van der Waals surface area (Å²) in [5, 5.41) is 9.19. The molecule has 0 heterocycles. The Hall–Kier alpha value is -1.81. The summed E-state index contributed by atoms with van der Waals surface area (Å²) in [4.78, 5) is 0. The van der Waals surface area contributed by atoms with Crippen molar-refractivity contribution in [1.29, 1.82) is 5.26 Å². The molecule has 1 heteroatoms. The highest BCUT2D eigenvalue weighted by atomic mass is 14.4. The Bertz CT molecular complexity index is 359.